The summed E-state index contributed by atoms with van der Waals surface area (Å²) in [5, 5.41) is 0. The Morgan fingerprint density at radius 3 is 2.59 bits per heavy atom. The lowest BCUT2D eigenvalue weighted by Gasteiger charge is -2.34. The van der Waals surface area contributed by atoms with Crippen molar-refractivity contribution in [2.24, 2.45) is 0 Å². The number of carbonyl (C=O) groups excluding carboxylic acids is 1. The highest BCUT2D eigenvalue weighted by Crippen LogP contribution is 2.14. The molecule has 2 aromatic rings. The van der Waals surface area contributed by atoms with Gasteiger partial charge in [-0.15, -0.1) is 0 Å². The van der Waals surface area contributed by atoms with Crippen LogP contribution in [0.15, 0.2) is 42.9 Å². The van der Waals surface area contributed by atoms with E-state index in [1.54, 1.807) is 24.5 Å². The van der Waals surface area contributed by atoms with Gasteiger partial charge in [0.2, 0.25) is 0 Å². The minimum Gasteiger partial charge on any atom is -0.383 e. The summed E-state index contributed by atoms with van der Waals surface area (Å²) < 4.78 is 0. The number of hydrogen-bond donors (Lipinski definition) is 1. The summed E-state index contributed by atoms with van der Waals surface area (Å²) in [7, 11) is 0. The summed E-state index contributed by atoms with van der Waals surface area (Å²) in [5.74, 6) is 0.261. The van der Waals surface area contributed by atoms with Gasteiger partial charge in [0.1, 0.15) is 5.82 Å². The number of nitrogens with two attached hydrogens (primary N) is 1. The number of anilines is 1. The van der Waals surface area contributed by atoms with Crippen LogP contribution in [0.5, 0.6) is 0 Å². The molecule has 2 aromatic heterocycles. The fourth-order valence-corrected chi connectivity index (χ4v) is 2.63. The summed E-state index contributed by atoms with van der Waals surface area (Å²) in [6, 6.07) is 7.48. The van der Waals surface area contributed by atoms with Crippen LogP contribution in [-0.2, 0) is 6.54 Å². The van der Waals surface area contributed by atoms with Crippen molar-refractivity contribution in [3.05, 3.63) is 54.0 Å². The molecule has 3 rings (SSSR count). The lowest BCUT2D eigenvalue weighted by atomic mass is 10.2. The normalized spacial score (nSPS) is 15.7. The fraction of sp³-hybridized carbons (Fsp3) is 0.312. The lowest BCUT2D eigenvalue weighted by molar-refractivity contribution is 0.0629. The molecule has 0 atom stereocenters. The zero-order valence-corrected chi connectivity index (χ0v) is 12.4. The Labute approximate surface area is 129 Å². The molecule has 1 fully saturated rings. The minimum atomic E-state index is -0.0355. The summed E-state index contributed by atoms with van der Waals surface area (Å²) >= 11 is 0. The molecule has 0 bridgehead atoms. The Kier molecular flexibility index (Phi) is 4.29. The Morgan fingerprint density at radius 2 is 1.91 bits per heavy atom. The number of aromatic nitrogens is 2. The highest BCUT2D eigenvalue weighted by atomic mass is 16.2. The van der Waals surface area contributed by atoms with Crippen molar-refractivity contribution in [3.8, 4) is 0 Å². The van der Waals surface area contributed by atoms with Crippen LogP contribution in [0, 0.1) is 0 Å². The number of carbonyl (C=O) groups is 1. The average molecular weight is 297 g/mol. The van der Waals surface area contributed by atoms with E-state index in [4.69, 9.17) is 5.73 Å². The predicted molar refractivity (Wildman–Crippen MR) is 84.1 cm³/mol. The maximum atomic E-state index is 12.5. The van der Waals surface area contributed by atoms with Gasteiger partial charge < -0.3 is 10.6 Å². The van der Waals surface area contributed by atoms with E-state index in [0.717, 1.165) is 19.6 Å². The maximum absolute atomic E-state index is 12.5. The fourth-order valence-electron chi connectivity index (χ4n) is 2.63. The van der Waals surface area contributed by atoms with Gasteiger partial charge in [-0.05, 0) is 23.8 Å². The monoisotopic (exact) mass is 297 g/mol. The molecule has 1 saturated heterocycles. The molecule has 6 heteroatoms. The maximum Gasteiger partial charge on any atom is 0.257 e. The summed E-state index contributed by atoms with van der Waals surface area (Å²) in [6.07, 6.45) is 5.25. The number of hydrogen-bond acceptors (Lipinski definition) is 5. The Balaban J connectivity index is 1.58. The molecule has 114 valence electrons. The zero-order chi connectivity index (χ0) is 15.4. The van der Waals surface area contributed by atoms with Crippen LogP contribution in [0.2, 0.25) is 0 Å². The molecule has 1 aliphatic rings. The molecule has 0 radical (unpaired) electrons. The first-order chi connectivity index (χ1) is 10.7. The summed E-state index contributed by atoms with van der Waals surface area (Å²) in [6.45, 7) is 3.97. The van der Waals surface area contributed by atoms with Gasteiger partial charge in [0, 0.05) is 51.3 Å². The third-order valence-corrected chi connectivity index (χ3v) is 3.86. The van der Waals surface area contributed by atoms with Crippen molar-refractivity contribution in [1.82, 2.24) is 19.8 Å². The van der Waals surface area contributed by atoms with E-state index in [1.807, 2.05) is 17.2 Å². The lowest BCUT2D eigenvalue weighted by Crippen LogP contribution is -2.48. The van der Waals surface area contributed by atoms with Crippen LogP contribution in [0.4, 0.5) is 5.82 Å². The molecule has 22 heavy (non-hydrogen) atoms. The largest absolute Gasteiger partial charge is 0.383 e. The van der Waals surface area contributed by atoms with Crippen LogP contribution in [0.25, 0.3) is 0 Å². The first-order valence-corrected chi connectivity index (χ1v) is 7.35. The second-order valence-corrected chi connectivity index (χ2v) is 5.37. The second-order valence-electron chi connectivity index (χ2n) is 5.37. The number of rotatable bonds is 3. The van der Waals surface area contributed by atoms with E-state index in [9.17, 15) is 4.79 Å². The van der Waals surface area contributed by atoms with E-state index in [1.165, 1.54) is 5.56 Å². The Hall–Kier alpha value is -2.47. The van der Waals surface area contributed by atoms with Gasteiger partial charge in [0.05, 0.1) is 5.56 Å². The Morgan fingerprint density at radius 1 is 1.14 bits per heavy atom. The number of amides is 1. The van der Waals surface area contributed by atoms with Crippen molar-refractivity contribution < 1.29 is 4.79 Å². The molecule has 2 N–H and O–H groups in total. The molecule has 0 saturated carbocycles. The van der Waals surface area contributed by atoms with Crippen molar-refractivity contribution in [1.29, 1.82) is 0 Å². The standard InChI is InChI=1S/C16H19N5O/c17-15-14(4-2-6-19-15)16(22)21-9-7-20(8-10-21)12-13-3-1-5-18-11-13/h1-6,11H,7-10,12H2,(H2,17,19). The van der Waals surface area contributed by atoms with Gasteiger partial charge in [-0.1, -0.05) is 6.07 Å². The van der Waals surface area contributed by atoms with E-state index >= 15 is 0 Å². The van der Waals surface area contributed by atoms with Crippen LogP contribution in [-0.4, -0.2) is 51.9 Å². The molecular weight excluding hydrogens is 278 g/mol. The highest BCUT2D eigenvalue weighted by Gasteiger charge is 2.23. The molecule has 1 aliphatic heterocycles. The van der Waals surface area contributed by atoms with Gasteiger partial charge in [0.15, 0.2) is 0 Å². The van der Waals surface area contributed by atoms with Crippen LogP contribution < -0.4 is 5.73 Å². The quantitative estimate of drug-likeness (QED) is 0.915. The molecule has 3 heterocycles. The molecule has 0 spiro atoms. The second kappa shape index (κ2) is 6.53. The van der Waals surface area contributed by atoms with Gasteiger partial charge in [-0.2, -0.15) is 0 Å². The van der Waals surface area contributed by atoms with Crippen molar-refractivity contribution >= 4 is 11.7 Å². The topological polar surface area (TPSA) is 75.3 Å². The van der Waals surface area contributed by atoms with Crippen molar-refractivity contribution in [3.63, 3.8) is 0 Å². The minimum absolute atomic E-state index is 0.0355. The Bertz CT molecular complexity index is 638. The summed E-state index contributed by atoms with van der Waals surface area (Å²) in [5.41, 5.74) is 7.46. The third kappa shape index (κ3) is 3.23. The van der Waals surface area contributed by atoms with E-state index in [2.05, 4.69) is 20.9 Å². The molecule has 1 amide bonds. The third-order valence-electron chi connectivity index (χ3n) is 3.86. The molecule has 0 aliphatic carbocycles. The van der Waals surface area contributed by atoms with Crippen LogP contribution in [0.1, 0.15) is 15.9 Å². The summed E-state index contributed by atoms with van der Waals surface area (Å²) in [4.78, 5) is 24.7. The van der Waals surface area contributed by atoms with Crippen LogP contribution in [0.3, 0.4) is 0 Å². The zero-order valence-electron chi connectivity index (χ0n) is 12.4. The first-order valence-electron chi connectivity index (χ1n) is 7.35. The number of nitrogens with zero attached hydrogens (tertiary/aromatic N) is 4. The number of nitrogen functional groups attached to an aromatic ring is 1. The van der Waals surface area contributed by atoms with Crippen molar-refractivity contribution in [2.75, 3.05) is 31.9 Å². The van der Waals surface area contributed by atoms with Gasteiger partial charge in [-0.3, -0.25) is 14.7 Å². The SMILES string of the molecule is Nc1ncccc1C(=O)N1CCN(Cc2cccnc2)CC1. The first kappa shape index (κ1) is 14.5. The van der Waals surface area contributed by atoms with Crippen LogP contribution >= 0.6 is 0 Å². The van der Waals surface area contributed by atoms with E-state index in [-0.39, 0.29) is 5.91 Å². The number of piperazine rings is 1. The molecule has 0 unspecified atom stereocenters. The average Bonchev–Trinajstić information content (AvgIpc) is 2.56. The van der Waals surface area contributed by atoms with E-state index < -0.39 is 0 Å². The predicted octanol–water partition coefficient (Wildman–Crippen LogP) is 1.02. The molecular formula is C16H19N5O. The number of pyridine rings is 2. The van der Waals surface area contributed by atoms with Gasteiger partial charge in [-0.25, -0.2) is 4.98 Å². The molecule has 0 aromatic carbocycles. The van der Waals surface area contributed by atoms with Gasteiger partial charge in [0.25, 0.3) is 5.91 Å². The highest BCUT2D eigenvalue weighted by molar-refractivity contribution is 5.98. The van der Waals surface area contributed by atoms with Crippen molar-refractivity contribution in [2.45, 2.75) is 6.54 Å². The van der Waals surface area contributed by atoms with E-state index in [0.29, 0.717) is 24.5 Å². The smallest absolute Gasteiger partial charge is 0.257 e. The molecule has 6 nitrogen and oxygen atoms in total. The van der Waals surface area contributed by atoms with Gasteiger partial charge >= 0.3 is 0 Å².